The minimum atomic E-state index is -0.434. The van der Waals surface area contributed by atoms with Crippen molar-refractivity contribution < 1.29 is 9.53 Å². The van der Waals surface area contributed by atoms with Crippen LogP contribution in [-0.2, 0) is 11.8 Å². The number of hydrogen-bond donors (Lipinski definition) is 1. The van der Waals surface area contributed by atoms with Crippen molar-refractivity contribution in [3.05, 3.63) is 11.8 Å². The van der Waals surface area contributed by atoms with Gasteiger partial charge in [-0.1, -0.05) is 0 Å². The molecule has 0 aliphatic carbocycles. The van der Waals surface area contributed by atoms with Crippen molar-refractivity contribution in [1.82, 2.24) is 9.78 Å². The summed E-state index contributed by atoms with van der Waals surface area (Å²) in [4.78, 5) is 10.9. The zero-order valence-corrected chi connectivity index (χ0v) is 7.59. The van der Waals surface area contributed by atoms with Crippen LogP contribution in [0.2, 0.25) is 0 Å². The minimum absolute atomic E-state index is 0. The number of anilines is 1. The van der Waals surface area contributed by atoms with Gasteiger partial charge < -0.3 is 10.5 Å². The standard InChI is InChI=1S/C6H9N3O2.ClH/c1-9-4(6(10)11-2)3-5(7)8-9;/h3H,1-2H3,(H2,7,8);1H. The third-order valence-corrected chi connectivity index (χ3v) is 1.29. The zero-order chi connectivity index (χ0) is 8.43. The van der Waals surface area contributed by atoms with E-state index in [1.165, 1.54) is 17.9 Å². The molecule has 1 heterocycles. The van der Waals surface area contributed by atoms with Gasteiger partial charge in [-0.2, -0.15) is 5.10 Å². The van der Waals surface area contributed by atoms with Crippen LogP contribution in [0.25, 0.3) is 0 Å². The van der Waals surface area contributed by atoms with Gasteiger partial charge in [0.25, 0.3) is 0 Å². The zero-order valence-electron chi connectivity index (χ0n) is 6.77. The van der Waals surface area contributed by atoms with Crippen LogP contribution in [0, 0.1) is 0 Å². The summed E-state index contributed by atoms with van der Waals surface area (Å²) in [6.45, 7) is 0. The summed E-state index contributed by atoms with van der Waals surface area (Å²) in [7, 11) is 2.94. The van der Waals surface area contributed by atoms with E-state index in [2.05, 4.69) is 9.84 Å². The van der Waals surface area contributed by atoms with Crippen molar-refractivity contribution in [2.75, 3.05) is 12.8 Å². The predicted molar refractivity (Wildman–Crippen MR) is 46.2 cm³/mol. The molecule has 0 amide bonds. The van der Waals surface area contributed by atoms with Gasteiger partial charge in [-0.25, -0.2) is 4.79 Å². The lowest BCUT2D eigenvalue weighted by atomic mass is 10.4. The first-order valence-corrected chi connectivity index (χ1v) is 3.03. The number of carbonyl (C=O) groups excluding carboxylic acids is 1. The molecule has 0 unspecified atom stereocenters. The number of hydrogen-bond acceptors (Lipinski definition) is 4. The minimum Gasteiger partial charge on any atom is -0.464 e. The lowest BCUT2D eigenvalue weighted by Crippen LogP contribution is -2.07. The highest BCUT2D eigenvalue weighted by atomic mass is 35.5. The van der Waals surface area contributed by atoms with Crippen molar-refractivity contribution in [2.45, 2.75) is 0 Å². The van der Waals surface area contributed by atoms with Gasteiger partial charge in [0.1, 0.15) is 11.5 Å². The molecule has 0 aliphatic heterocycles. The molecule has 0 fully saturated rings. The quantitative estimate of drug-likeness (QED) is 0.645. The average Bonchev–Trinajstić information content (AvgIpc) is 2.28. The maximum absolute atomic E-state index is 10.9. The van der Waals surface area contributed by atoms with Crippen LogP contribution in [0.15, 0.2) is 6.07 Å². The second-order valence-electron chi connectivity index (χ2n) is 2.07. The molecule has 68 valence electrons. The van der Waals surface area contributed by atoms with Crippen molar-refractivity contribution in [3.8, 4) is 0 Å². The second-order valence-corrected chi connectivity index (χ2v) is 2.07. The second kappa shape index (κ2) is 3.96. The van der Waals surface area contributed by atoms with Crippen LogP contribution in [0.4, 0.5) is 5.82 Å². The molecular weight excluding hydrogens is 182 g/mol. The van der Waals surface area contributed by atoms with Crippen molar-refractivity contribution >= 4 is 24.2 Å². The highest BCUT2D eigenvalue weighted by Gasteiger charge is 2.10. The van der Waals surface area contributed by atoms with Crippen LogP contribution in [-0.4, -0.2) is 22.9 Å². The van der Waals surface area contributed by atoms with Crippen LogP contribution in [0.5, 0.6) is 0 Å². The maximum atomic E-state index is 10.9. The van der Waals surface area contributed by atoms with E-state index in [4.69, 9.17) is 5.73 Å². The SMILES string of the molecule is COC(=O)c1cc(N)nn1C.Cl. The molecule has 1 aromatic rings. The van der Waals surface area contributed by atoms with E-state index in [1.807, 2.05) is 0 Å². The molecule has 0 bridgehead atoms. The molecular formula is C6H10ClN3O2. The Labute approximate surface area is 75.9 Å². The first-order valence-electron chi connectivity index (χ1n) is 3.03. The van der Waals surface area contributed by atoms with E-state index < -0.39 is 5.97 Å². The molecule has 0 aromatic carbocycles. The number of aromatic nitrogens is 2. The third-order valence-electron chi connectivity index (χ3n) is 1.29. The molecule has 0 spiro atoms. The third kappa shape index (κ3) is 1.88. The largest absolute Gasteiger partial charge is 0.464 e. The average molecular weight is 192 g/mol. The highest BCUT2D eigenvalue weighted by molar-refractivity contribution is 5.88. The van der Waals surface area contributed by atoms with E-state index in [9.17, 15) is 4.79 Å². The molecule has 6 heteroatoms. The fraction of sp³-hybridized carbons (Fsp3) is 0.333. The molecule has 0 aliphatic rings. The first-order chi connectivity index (χ1) is 5.15. The smallest absolute Gasteiger partial charge is 0.356 e. The van der Waals surface area contributed by atoms with Crippen LogP contribution in [0.1, 0.15) is 10.5 Å². The monoisotopic (exact) mass is 191 g/mol. The molecule has 1 rings (SSSR count). The highest BCUT2D eigenvalue weighted by Crippen LogP contribution is 2.04. The summed E-state index contributed by atoms with van der Waals surface area (Å²) >= 11 is 0. The summed E-state index contributed by atoms with van der Waals surface area (Å²) in [6, 6.07) is 1.46. The number of nitrogens with zero attached hydrogens (tertiary/aromatic N) is 2. The Morgan fingerprint density at radius 3 is 2.67 bits per heavy atom. The fourth-order valence-electron chi connectivity index (χ4n) is 0.785. The van der Waals surface area contributed by atoms with Gasteiger partial charge in [-0.05, 0) is 0 Å². The molecule has 1 aromatic heterocycles. The molecule has 2 N–H and O–H groups in total. The summed E-state index contributed by atoms with van der Waals surface area (Å²) in [6.07, 6.45) is 0. The Morgan fingerprint density at radius 2 is 2.33 bits per heavy atom. The summed E-state index contributed by atoms with van der Waals surface area (Å²) < 4.78 is 5.85. The van der Waals surface area contributed by atoms with Crippen molar-refractivity contribution in [2.24, 2.45) is 7.05 Å². The lowest BCUT2D eigenvalue weighted by Gasteiger charge is -1.96. The van der Waals surface area contributed by atoms with Gasteiger partial charge in [-0.15, -0.1) is 12.4 Å². The number of carbonyl (C=O) groups is 1. The van der Waals surface area contributed by atoms with Gasteiger partial charge >= 0.3 is 5.97 Å². The maximum Gasteiger partial charge on any atom is 0.356 e. The molecule has 5 nitrogen and oxygen atoms in total. The predicted octanol–water partition coefficient (Wildman–Crippen LogP) is 0.211. The molecule has 12 heavy (non-hydrogen) atoms. The van der Waals surface area contributed by atoms with Crippen molar-refractivity contribution in [1.29, 1.82) is 0 Å². The summed E-state index contributed by atoms with van der Waals surface area (Å²) in [5.74, 6) is -0.121. The Balaban J connectivity index is 0.00000121. The van der Waals surface area contributed by atoms with E-state index in [-0.39, 0.29) is 12.4 Å². The van der Waals surface area contributed by atoms with E-state index in [1.54, 1.807) is 7.05 Å². The van der Waals surface area contributed by atoms with Gasteiger partial charge in [0.15, 0.2) is 0 Å². The Bertz CT molecular complexity index is 284. The number of nitrogens with two attached hydrogens (primary N) is 1. The molecule has 0 saturated heterocycles. The van der Waals surface area contributed by atoms with Gasteiger partial charge in [0, 0.05) is 13.1 Å². The molecule has 0 radical (unpaired) electrons. The number of rotatable bonds is 1. The Morgan fingerprint density at radius 1 is 1.75 bits per heavy atom. The number of halogens is 1. The summed E-state index contributed by atoms with van der Waals surface area (Å²) in [5.41, 5.74) is 5.68. The van der Waals surface area contributed by atoms with Gasteiger partial charge in [0.05, 0.1) is 7.11 Å². The fourth-order valence-corrected chi connectivity index (χ4v) is 0.785. The van der Waals surface area contributed by atoms with Crippen LogP contribution < -0.4 is 5.73 Å². The number of esters is 1. The van der Waals surface area contributed by atoms with E-state index in [0.717, 1.165) is 0 Å². The molecule has 0 atom stereocenters. The van der Waals surface area contributed by atoms with Gasteiger partial charge in [0.2, 0.25) is 0 Å². The van der Waals surface area contributed by atoms with Crippen molar-refractivity contribution in [3.63, 3.8) is 0 Å². The lowest BCUT2D eigenvalue weighted by molar-refractivity contribution is 0.0588. The Hall–Kier alpha value is -1.23. The normalized spacial score (nSPS) is 8.83. The first kappa shape index (κ1) is 10.8. The van der Waals surface area contributed by atoms with E-state index in [0.29, 0.717) is 11.5 Å². The Kier molecular flexibility index (Phi) is 3.56. The topological polar surface area (TPSA) is 70.1 Å². The van der Waals surface area contributed by atoms with Crippen LogP contribution >= 0.6 is 12.4 Å². The van der Waals surface area contributed by atoms with E-state index >= 15 is 0 Å². The van der Waals surface area contributed by atoms with Crippen LogP contribution in [0.3, 0.4) is 0 Å². The number of methoxy groups -OCH3 is 1. The number of aryl methyl sites for hydroxylation is 1. The molecule has 0 saturated carbocycles. The summed E-state index contributed by atoms with van der Waals surface area (Å²) in [5, 5.41) is 3.77. The van der Waals surface area contributed by atoms with Gasteiger partial charge in [-0.3, -0.25) is 4.68 Å². The number of nitrogen functional groups attached to an aromatic ring is 1. The number of ether oxygens (including phenoxy) is 1.